The molecule has 238 valence electrons. The molecule has 46 heavy (non-hydrogen) atoms. The van der Waals surface area contributed by atoms with Crippen LogP contribution in [0.1, 0.15) is 75.8 Å². The Balaban J connectivity index is 1.42. The number of nitrogens with zero attached hydrogens (tertiary/aromatic N) is 2. The molecule has 0 aliphatic heterocycles. The van der Waals surface area contributed by atoms with E-state index in [4.69, 9.17) is 10.5 Å². The first-order chi connectivity index (χ1) is 22.4. The van der Waals surface area contributed by atoms with Gasteiger partial charge in [0.15, 0.2) is 0 Å². The summed E-state index contributed by atoms with van der Waals surface area (Å²) in [5, 5.41) is 9.43. The number of ether oxygens (including phenoxy) is 1. The summed E-state index contributed by atoms with van der Waals surface area (Å²) in [5.74, 6) is 0.904. The van der Waals surface area contributed by atoms with Gasteiger partial charge in [-0.3, -0.25) is 4.90 Å². The number of fused-ring (bicyclic) bond motifs is 1. The third-order valence-electron chi connectivity index (χ3n) is 9.26. The molecule has 0 bridgehead atoms. The van der Waals surface area contributed by atoms with Crippen molar-refractivity contribution in [2.45, 2.75) is 91.0 Å². The molecule has 4 heteroatoms. The van der Waals surface area contributed by atoms with E-state index in [0.717, 1.165) is 55.8 Å². The fraction of sp³-hybridized carbons (Fsp3) is 0.357. The van der Waals surface area contributed by atoms with Crippen molar-refractivity contribution in [1.29, 1.82) is 5.26 Å². The van der Waals surface area contributed by atoms with E-state index in [-0.39, 0.29) is 6.04 Å². The number of para-hydroxylation sites is 1. The van der Waals surface area contributed by atoms with Crippen LogP contribution in [0.2, 0.25) is 0 Å². The van der Waals surface area contributed by atoms with Crippen LogP contribution in [0, 0.1) is 25.2 Å². The summed E-state index contributed by atoms with van der Waals surface area (Å²) in [4.78, 5) is 2.48. The van der Waals surface area contributed by atoms with Crippen molar-refractivity contribution in [1.82, 2.24) is 4.90 Å². The number of benzene rings is 4. The molecule has 1 unspecified atom stereocenters. The lowest BCUT2D eigenvalue weighted by atomic mass is 9.91. The molecule has 1 aliphatic carbocycles. The molecule has 0 saturated carbocycles. The summed E-state index contributed by atoms with van der Waals surface area (Å²) in [6.07, 6.45) is 8.87. The maximum atomic E-state index is 9.43. The summed E-state index contributed by atoms with van der Waals surface area (Å²) in [7, 11) is 0. The smallest absolute Gasteiger partial charge is 0.124 e. The van der Waals surface area contributed by atoms with Gasteiger partial charge in [0, 0.05) is 36.8 Å². The van der Waals surface area contributed by atoms with E-state index in [1.807, 2.05) is 6.07 Å². The summed E-state index contributed by atoms with van der Waals surface area (Å²) in [6, 6.07) is 32.6. The van der Waals surface area contributed by atoms with E-state index in [1.165, 1.54) is 64.6 Å². The van der Waals surface area contributed by atoms with Gasteiger partial charge in [0.25, 0.3) is 0 Å². The average Bonchev–Trinajstić information content (AvgIpc) is 3.30. The maximum absolute atomic E-state index is 9.43. The Kier molecular flexibility index (Phi) is 11.8. The summed E-state index contributed by atoms with van der Waals surface area (Å²) < 4.78 is 6.41. The van der Waals surface area contributed by atoms with Crippen LogP contribution in [-0.2, 0) is 45.4 Å². The second-order valence-corrected chi connectivity index (χ2v) is 13.1. The molecular weight excluding hydrogens is 562 g/mol. The molecule has 0 radical (unpaired) electrons. The Morgan fingerprint density at radius 2 is 1.46 bits per heavy atom. The van der Waals surface area contributed by atoms with Gasteiger partial charge in [-0.1, -0.05) is 103 Å². The van der Waals surface area contributed by atoms with E-state index < -0.39 is 0 Å². The quantitative estimate of drug-likeness (QED) is 0.114. The minimum atomic E-state index is -0.354. The number of nitriles is 1. The highest BCUT2D eigenvalue weighted by Gasteiger charge is 2.18. The van der Waals surface area contributed by atoms with E-state index in [9.17, 15) is 5.26 Å². The third kappa shape index (κ3) is 9.42. The van der Waals surface area contributed by atoms with Gasteiger partial charge >= 0.3 is 0 Å². The number of hydrogen-bond acceptors (Lipinski definition) is 4. The van der Waals surface area contributed by atoms with Crippen LogP contribution < -0.4 is 10.5 Å². The number of rotatable bonds is 14. The Morgan fingerprint density at radius 1 is 0.804 bits per heavy atom. The molecule has 2 N–H and O–H groups in total. The molecule has 0 fully saturated rings. The molecule has 4 aromatic carbocycles. The maximum Gasteiger partial charge on any atom is 0.124 e. The Morgan fingerprint density at radius 3 is 2.17 bits per heavy atom. The Labute approximate surface area is 276 Å². The highest BCUT2D eigenvalue weighted by atomic mass is 16.5. The zero-order valence-corrected chi connectivity index (χ0v) is 27.7. The number of nitrogens with two attached hydrogens (primary N) is 1. The van der Waals surface area contributed by atoms with Gasteiger partial charge in [-0.05, 0) is 98.2 Å². The highest BCUT2D eigenvalue weighted by molar-refractivity contribution is 5.41. The van der Waals surface area contributed by atoms with Gasteiger partial charge in [0.1, 0.15) is 12.4 Å². The van der Waals surface area contributed by atoms with E-state index in [0.29, 0.717) is 18.6 Å². The monoisotopic (exact) mass is 611 g/mol. The van der Waals surface area contributed by atoms with Crippen molar-refractivity contribution < 1.29 is 4.74 Å². The summed E-state index contributed by atoms with van der Waals surface area (Å²) in [6.45, 7) is 11.0. The number of hydrogen-bond donors (Lipinski definition) is 1. The number of aryl methyl sites for hydroxylation is 6. The van der Waals surface area contributed by atoms with Gasteiger partial charge in [0.05, 0.1) is 6.07 Å². The van der Waals surface area contributed by atoms with Crippen LogP contribution >= 0.6 is 0 Å². The average molecular weight is 612 g/mol. The fourth-order valence-corrected chi connectivity index (χ4v) is 6.60. The lowest BCUT2D eigenvalue weighted by Gasteiger charge is -2.27. The molecule has 0 aromatic heterocycles. The fourth-order valence-electron chi connectivity index (χ4n) is 6.60. The molecule has 0 saturated heterocycles. The van der Waals surface area contributed by atoms with Crippen molar-refractivity contribution in [3.8, 4) is 11.8 Å². The van der Waals surface area contributed by atoms with E-state index in [1.54, 1.807) is 0 Å². The Bertz CT molecular complexity index is 1670. The molecule has 4 aromatic rings. The van der Waals surface area contributed by atoms with E-state index in [2.05, 4.69) is 110 Å². The van der Waals surface area contributed by atoms with Crippen molar-refractivity contribution in [3.63, 3.8) is 0 Å². The van der Waals surface area contributed by atoms with Gasteiger partial charge in [0.2, 0.25) is 0 Å². The van der Waals surface area contributed by atoms with Crippen LogP contribution in [0.3, 0.4) is 0 Å². The molecule has 1 aliphatic rings. The molecule has 4 nitrogen and oxygen atoms in total. The van der Waals surface area contributed by atoms with Crippen LogP contribution in [0.5, 0.6) is 5.75 Å². The minimum absolute atomic E-state index is 0.354. The SMILES string of the molecule is C=C(C#N)C(N)CCN(Cc1cc2c(cc1CCc1cccc(C)c1)CCCCC2)Cc1ccccc1OCc1cccc(C)c1. The van der Waals surface area contributed by atoms with Crippen LogP contribution in [-0.4, -0.2) is 17.5 Å². The predicted molar refractivity (Wildman–Crippen MR) is 190 cm³/mol. The zero-order valence-electron chi connectivity index (χ0n) is 27.7. The molecule has 5 rings (SSSR count). The summed E-state index contributed by atoms with van der Waals surface area (Å²) >= 11 is 0. The largest absolute Gasteiger partial charge is 0.489 e. The second kappa shape index (κ2) is 16.4. The standard InChI is InChI=1S/C42H49N3O/c1-31-11-9-13-34(23-31)19-20-38-25-36-15-5-4-6-16-37(36)26-40(38)29-45(22-21-41(44)33(3)27-43)28-39-17-7-8-18-42(39)46-30-35-14-10-12-32(2)24-35/h7-14,17-18,23-26,41H,3-6,15-16,19-22,28-30,44H2,1-2H3. The molecular formula is C42H49N3O. The van der Waals surface area contributed by atoms with Gasteiger partial charge in [-0.25, -0.2) is 0 Å². The Hall–Kier alpha value is -4.17. The minimum Gasteiger partial charge on any atom is -0.489 e. The van der Waals surface area contributed by atoms with Crippen LogP contribution in [0.4, 0.5) is 0 Å². The predicted octanol–water partition coefficient (Wildman–Crippen LogP) is 8.74. The van der Waals surface area contributed by atoms with Crippen molar-refractivity contribution >= 4 is 0 Å². The molecule has 0 heterocycles. The van der Waals surface area contributed by atoms with Gasteiger partial charge in [-0.2, -0.15) is 5.26 Å². The lowest BCUT2D eigenvalue weighted by Crippen LogP contribution is -2.31. The molecule has 0 spiro atoms. The first kappa shape index (κ1) is 33.2. The topological polar surface area (TPSA) is 62.3 Å². The van der Waals surface area contributed by atoms with Crippen molar-refractivity contribution in [2.75, 3.05) is 6.54 Å². The summed E-state index contributed by atoms with van der Waals surface area (Å²) in [5.41, 5.74) is 19.0. The second-order valence-electron chi connectivity index (χ2n) is 13.1. The van der Waals surface area contributed by atoms with Gasteiger partial charge in [-0.15, -0.1) is 0 Å². The first-order valence-corrected chi connectivity index (χ1v) is 16.9. The van der Waals surface area contributed by atoms with Gasteiger partial charge < -0.3 is 10.5 Å². The van der Waals surface area contributed by atoms with Crippen molar-refractivity contribution in [3.05, 3.63) is 147 Å². The normalized spacial score (nSPS) is 13.5. The third-order valence-corrected chi connectivity index (χ3v) is 9.26. The molecule has 1 atom stereocenters. The van der Waals surface area contributed by atoms with E-state index >= 15 is 0 Å². The first-order valence-electron chi connectivity index (χ1n) is 16.9. The zero-order chi connectivity index (χ0) is 32.3. The van der Waals surface area contributed by atoms with Crippen LogP contribution in [0.25, 0.3) is 0 Å². The van der Waals surface area contributed by atoms with Crippen molar-refractivity contribution in [2.24, 2.45) is 5.73 Å². The van der Waals surface area contributed by atoms with Crippen LogP contribution in [0.15, 0.2) is 97.1 Å². The highest BCUT2D eigenvalue weighted by Crippen LogP contribution is 2.28. The molecule has 0 amide bonds. The lowest BCUT2D eigenvalue weighted by molar-refractivity contribution is 0.239.